The standard InChI is InChI=1S/C18H27FN2O4/c1-2-21(10-6-9-12-7-4-3-5-8-12)18(25)15-14(19)17(24)16(23)13(11-22)20-15/h3-5,7-8,13-17,20,22-24H,2,6,9-11H2,1H3/t13-,14+,15+,16-,17-/m1/s1. The van der Waals surface area contributed by atoms with Gasteiger partial charge in [-0.25, -0.2) is 4.39 Å². The number of aliphatic hydroxyl groups excluding tert-OH is 3. The monoisotopic (exact) mass is 354 g/mol. The third kappa shape index (κ3) is 4.76. The second-order valence-corrected chi connectivity index (χ2v) is 6.37. The van der Waals surface area contributed by atoms with Crippen LogP contribution >= 0.6 is 0 Å². The van der Waals surface area contributed by atoms with E-state index in [1.807, 2.05) is 37.3 Å². The predicted molar refractivity (Wildman–Crippen MR) is 91.7 cm³/mol. The molecule has 0 spiro atoms. The molecule has 1 aromatic carbocycles. The molecule has 2 rings (SSSR count). The molecule has 0 aliphatic carbocycles. The minimum absolute atomic E-state index is 0.418. The second-order valence-electron chi connectivity index (χ2n) is 6.37. The molecule has 0 bridgehead atoms. The number of halogens is 1. The summed E-state index contributed by atoms with van der Waals surface area (Å²) in [6, 6.07) is 7.69. The van der Waals surface area contributed by atoms with E-state index in [2.05, 4.69) is 5.32 Å². The molecule has 1 aliphatic heterocycles. The van der Waals surface area contributed by atoms with Crippen LogP contribution in [0.2, 0.25) is 0 Å². The molecule has 5 atom stereocenters. The first-order valence-corrected chi connectivity index (χ1v) is 8.69. The molecule has 0 aromatic heterocycles. The highest BCUT2D eigenvalue weighted by molar-refractivity contribution is 5.83. The van der Waals surface area contributed by atoms with Crippen molar-refractivity contribution in [1.29, 1.82) is 0 Å². The van der Waals surface area contributed by atoms with Crippen LogP contribution in [0.1, 0.15) is 18.9 Å². The number of amides is 1. The van der Waals surface area contributed by atoms with Gasteiger partial charge in [-0.3, -0.25) is 10.1 Å². The molecule has 1 amide bonds. The fourth-order valence-electron chi connectivity index (χ4n) is 3.15. The number of benzene rings is 1. The second kappa shape index (κ2) is 9.24. The first kappa shape index (κ1) is 19.8. The van der Waals surface area contributed by atoms with Crippen LogP contribution in [0, 0.1) is 0 Å². The fraction of sp³-hybridized carbons (Fsp3) is 0.611. The maximum absolute atomic E-state index is 14.3. The minimum Gasteiger partial charge on any atom is -0.395 e. The number of aliphatic hydroxyl groups is 3. The number of nitrogens with one attached hydrogen (secondary N) is 1. The molecule has 1 aromatic rings. The third-order valence-corrected chi connectivity index (χ3v) is 4.69. The number of carbonyl (C=O) groups is 1. The summed E-state index contributed by atoms with van der Waals surface area (Å²) >= 11 is 0. The summed E-state index contributed by atoms with van der Waals surface area (Å²) in [6.45, 7) is 2.21. The van der Waals surface area contributed by atoms with Gasteiger partial charge in [0.15, 0.2) is 6.17 Å². The van der Waals surface area contributed by atoms with Gasteiger partial charge in [0.05, 0.1) is 12.6 Å². The normalized spacial score (nSPS) is 29.4. The zero-order chi connectivity index (χ0) is 18.4. The van der Waals surface area contributed by atoms with Crippen molar-refractivity contribution in [3.05, 3.63) is 35.9 Å². The first-order valence-electron chi connectivity index (χ1n) is 8.69. The third-order valence-electron chi connectivity index (χ3n) is 4.69. The van der Waals surface area contributed by atoms with E-state index in [-0.39, 0.29) is 0 Å². The Morgan fingerprint density at radius 1 is 1.24 bits per heavy atom. The van der Waals surface area contributed by atoms with Crippen molar-refractivity contribution in [1.82, 2.24) is 10.2 Å². The molecular weight excluding hydrogens is 327 g/mol. The number of aryl methyl sites for hydroxylation is 1. The van der Waals surface area contributed by atoms with E-state index in [1.165, 1.54) is 10.5 Å². The van der Waals surface area contributed by atoms with Gasteiger partial charge in [0.2, 0.25) is 5.91 Å². The summed E-state index contributed by atoms with van der Waals surface area (Å²) in [7, 11) is 0. The van der Waals surface area contributed by atoms with Crippen molar-refractivity contribution in [2.75, 3.05) is 19.7 Å². The van der Waals surface area contributed by atoms with E-state index >= 15 is 0 Å². The van der Waals surface area contributed by atoms with Crippen LogP contribution in [0.5, 0.6) is 0 Å². The Bertz CT molecular complexity index is 543. The van der Waals surface area contributed by atoms with Crippen molar-refractivity contribution < 1.29 is 24.5 Å². The summed E-state index contributed by atoms with van der Waals surface area (Å²) in [6.07, 6.45) is -3.52. The molecule has 140 valence electrons. The summed E-state index contributed by atoms with van der Waals surface area (Å²) < 4.78 is 14.3. The Morgan fingerprint density at radius 3 is 2.52 bits per heavy atom. The average molecular weight is 354 g/mol. The Morgan fingerprint density at radius 2 is 1.92 bits per heavy atom. The minimum atomic E-state index is -1.92. The first-order chi connectivity index (χ1) is 12.0. The highest BCUT2D eigenvalue weighted by Gasteiger charge is 2.47. The van der Waals surface area contributed by atoms with Gasteiger partial charge < -0.3 is 20.2 Å². The average Bonchev–Trinajstić information content (AvgIpc) is 2.64. The van der Waals surface area contributed by atoms with E-state index in [9.17, 15) is 24.5 Å². The van der Waals surface area contributed by atoms with Crippen LogP contribution in [0.25, 0.3) is 0 Å². The molecule has 1 heterocycles. The van der Waals surface area contributed by atoms with E-state index in [0.717, 1.165) is 12.8 Å². The van der Waals surface area contributed by atoms with Gasteiger partial charge >= 0.3 is 0 Å². The number of alkyl halides is 1. The molecule has 1 saturated heterocycles. The molecule has 25 heavy (non-hydrogen) atoms. The van der Waals surface area contributed by atoms with Crippen LogP contribution in [0.3, 0.4) is 0 Å². The Kier molecular flexibility index (Phi) is 7.31. The lowest BCUT2D eigenvalue weighted by Crippen LogP contribution is -2.68. The van der Waals surface area contributed by atoms with Gasteiger partial charge in [-0.15, -0.1) is 0 Å². The predicted octanol–water partition coefficient (Wildman–Crippen LogP) is -0.140. The van der Waals surface area contributed by atoms with Gasteiger partial charge in [-0.1, -0.05) is 30.3 Å². The number of likely N-dealkylation sites (N-methyl/N-ethyl adjacent to an activating group) is 1. The molecule has 0 saturated carbocycles. The van der Waals surface area contributed by atoms with Crippen LogP contribution in [-0.4, -0.2) is 76.3 Å². The Labute approximate surface area is 147 Å². The molecular formula is C18H27FN2O4. The van der Waals surface area contributed by atoms with Crippen molar-refractivity contribution in [2.24, 2.45) is 0 Å². The number of hydrogen-bond donors (Lipinski definition) is 4. The van der Waals surface area contributed by atoms with Crippen molar-refractivity contribution in [2.45, 2.75) is 50.2 Å². The van der Waals surface area contributed by atoms with E-state index < -0.39 is 43.0 Å². The molecule has 1 aliphatic rings. The topological polar surface area (TPSA) is 93.0 Å². The van der Waals surface area contributed by atoms with Crippen LogP contribution < -0.4 is 5.32 Å². The van der Waals surface area contributed by atoms with Crippen LogP contribution in [-0.2, 0) is 11.2 Å². The SMILES string of the molecule is CCN(CCCc1ccccc1)C(=O)[C@H]1N[C@H](CO)[C@@H](O)[C@H](O)[C@H]1F. The Hall–Kier alpha value is -1.54. The van der Waals surface area contributed by atoms with E-state index in [4.69, 9.17) is 0 Å². The van der Waals surface area contributed by atoms with Crippen molar-refractivity contribution in [3.63, 3.8) is 0 Å². The van der Waals surface area contributed by atoms with E-state index in [1.54, 1.807) is 0 Å². The molecule has 4 N–H and O–H groups in total. The molecule has 6 nitrogen and oxygen atoms in total. The number of rotatable bonds is 7. The largest absolute Gasteiger partial charge is 0.395 e. The summed E-state index contributed by atoms with van der Waals surface area (Å²) in [4.78, 5) is 14.2. The quantitative estimate of drug-likeness (QED) is 0.547. The zero-order valence-electron chi connectivity index (χ0n) is 14.4. The molecule has 0 radical (unpaired) electrons. The van der Waals surface area contributed by atoms with Gasteiger partial charge in [-0.05, 0) is 25.3 Å². The van der Waals surface area contributed by atoms with Gasteiger partial charge in [-0.2, -0.15) is 0 Å². The van der Waals surface area contributed by atoms with Crippen LogP contribution in [0.4, 0.5) is 4.39 Å². The van der Waals surface area contributed by atoms with Crippen molar-refractivity contribution >= 4 is 5.91 Å². The van der Waals surface area contributed by atoms with E-state index in [0.29, 0.717) is 13.1 Å². The zero-order valence-corrected chi connectivity index (χ0v) is 14.4. The van der Waals surface area contributed by atoms with Gasteiger partial charge in [0.1, 0.15) is 18.2 Å². The Balaban J connectivity index is 1.95. The van der Waals surface area contributed by atoms with Crippen LogP contribution in [0.15, 0.2) is 30.3 Å². The number of hydrogen-bond acceptors (Lipinski definition) is 5. The highest BCUT2D eigenvalue weighted by Crippen LogP contribution is 2.20. The summed E-state index contributed by atoms with van der Waals surface area (Å²) in [5, 5.41) is 31.4. The van der Waals surface area contributed by atoms with Crippen molar-refractivity contribution in [3.8, 4) is 0 Å². The number of piperidine rings is 1. The molecule has 0 unspecified atom stereocenters. The maximum atomic E-state index is 14.3. The van der Waals surface area contributed by atoms with Gasteiger partial charge in [0.25, 0.3) is 0 Å². The summed E-state index contributed by atoms with van der Waals surface area (Å²) in [5.41, 5.74) is 1.17. The smallest absolute Gasteiger partial charge is 0.242 e. The lowest BCUT2D eigenvalue weighted by molar-refractivity contribution is -0.145. The van der Waals surface area contributed by atoms with Gasteiger partial charge in [0, 0.05) is 13.1 Å². The number of nitrogens with zero attached hydrogens (tertiary/aromatic N) is 1. The lowest BCUT2D eigenvalue weighted by Gasteiger charge is -2.40. The highest BCUT2D eigenvalue weighted by atomic mass is 19.1. The fourth-order valence-corrected chi connectivity index (χ4v) is 3.15. The lowest BCUT2D eigenvalue weighted by atomic mass is 9.90. The molecule has 1 fully saturated rings. The summed E-state index contributed by atoms with van der Waals surface area (Å²) in [5.74, 6) is -0.465. The maximum Gasteiger partial charge on any atom is 0.242 e. The number of carbonyl (C=O) groups excluding carboxylic acids is 1. The molecule has 7 heteroatoms.